The summed E-state index contributed by atoms with van der Waals surface area (Å²) >= 11 is 11.5. The van der Waals surface area contributed by atoms with E-state index in [0.717, 1.165) is 10.8 Å². The molecule has 0 aliphatic carbocycles. The molecular formula is C22H28ClFN3O8PS. The summed E-state index contributed by atoms with van der Waals surface area (Å²) in [6, 6.07) is 7.48. The van der Waals surface area contributed by atoms with Crippen LogP contribution < -0.4 is 20.9 Å². The highest BCUT2D eigenvalue weighted by Crippen LogP contribution is 2.48. The van der Waals surface area contributed by atoms with E-state index < -0.39 is 60.1 Å². The van der Waals surface area contributed by atoms with Crippen molar-refractivity contribution < 1.29 is 32.8 Å². The van der Waals surface area contributed by atoms with Gasteiger partial charge in [0.1, 0.15) is 24.0 Å². The van der Waals surface area contributed by atoms with Crippen LogP contribution in [-0.4, -0.2) is 56.7 Å². The number of para-hydroxylation sites is 1. The van der Waals surface area contributed by atoms with Crippen molar-refractivity contribution >= 4 is 36.0 Å². The maximum Gasteiger partial charge on any atom is 0.330 e. The van der Waals surface area contributed by atoms with E-state index in [1.165, 1.54) is 13.8 Å². The van der Waals surface area contributed by atoms with E-state index in [1.807, 2.05) is 4.98 Å². The monoisotopic (exact) mass is 579 g/mol. The topological polar surface area (TPSA) is 141 Å². The van der Waals surface area contributed by atoms with Gasteiger partial charge in [0.2, 0.25) is 0 Å². The second kappa shape index (κ2) is 11.7. The van der Waals surface area contributed by atoms with Gasteiger partial charge in [0.05, 0.1) is 12.7 Å². The van der Waals surface area contributed by atoms with Crippen molar-refractivity contribution in [2.24, 2.45) is 0 Å². The van der Waals surface area contributed by atoms with Gasteiger partial charge in [0, 0.05) is 11.8 Å². The summed E-state index contributed by atoms with van der Waals surface area (Å²) in [4.78, 5) is 38.3. The molecule has 1 aliphatic heterocycles. The Hall–Kier alpha value is -2.12. The highest BCUT2D eigenvalue weighted by atomic mass is 35.5. The van der Waals surface area contributed by atoms with Gasteiger partial charge in [-0.15, -0.1) is 0 Å². The molecule has 6 atom stereocenters. The van der Waals surface area contributed by atoms with Crippen molar-refractivity contribution in [3.8, 4) is 5.75 Å². The molecule has 0 bridgehead atoms. The second-order valence-corrected chi connectivity index (χ2v) is 12.4. The Bertz CT molecular complexity index is 1270. The van der Waals surface area contributed by atoms with E-state index in [0.29, 0.717) is 5.75 Å². The molecule has 204 valence electrons. The lowest BCUT2D eigenvalue weighted by atomic mass is 10.1. The molecule has 0 saturated carbocycles. The van der Waals surface area contributed by atoms with Crippen LogP contribution in [0, 0.1) is 6.92 Å². The van der Waals surface area contributed by atoms with E-state index >= 15 is 4.39 Å². The Morgan fingerprint density at radius 1 is 1.35 bits per heavy atom. The molecule has 2 heterocycles. The minimum atomic E-state index is -3.52. The zero-order chi connectivity index (χ0) is 27.5. The summed E-state index contributed by atoms with van der Waals surface area (Å²) in [6.45, 7) is 2.26. The van der Waals surface area contributed by atoms with Gasteiger partial charge >= 0.3 is 18.3 Å². The lowest BCUT2D eigenvalue weighted by Crippen LogP contribution is -2.42. The zero-order valence-corrected chi connectivity index (χ0v) is 22.9. The minimum Gasteiger partial charge on any atom is -0.462 e. The molecule has 15 heteroatoms. The van der Waals surface area contributed by atoms with Crippen LogP contribution in [0.4, 0.5) is 4.39 Å². The SMILES string of the molecule is Cc1cn([C@@H]2O[C@H](COP(=S)(N[C@H](C)C(=O)OC(C)C)Oc3ccccc3)[C@@H](O)[C@@]2(F)Cl)c(=O)[nH]c1=O. The lowest BCUT2D eigenvalue weighted by Gasteiger charge is -2.28. The predicted octanol–water partition coefficient (Wildman–Crippen LogP) is 2.26. The first-order chi connectivity index (χ1) is 17.2. The molecule has 0 amide bonds. The number of hydrogen-bond donors (Lipinski definition) is 3. The molecule has 1 saturated heterocycles. The number of H-pyrrole nitrogens is 1. The summed E-state index contributed by atoms with van der Waals surface area (Å²) in [5.74, 6) is -0.265. The third kappa shape index (κ3) is 7.05. The molecule has 3 N–H and O–H groups in total. The van der Waals surface area contributed by atoms with Gasteiger partial charge in [-0.2, -0.15) is 0 Å². The third-order valence-electron chi connectivity index (χ3n) is 5.21. The van der Waals surface area contributed by atoms with Crippen molar-refractivity contribution in [3.63, 3.8) is 0 Å². The van der Waals surface area contributed by atoms with Crippen LogP contribution in [0.3, 0.4) is 0 Å². The van der Waals surface area contributed by atoms with Crippen LogP contribution in [0.5, 0.6) is 5.75 Å². The summed E-state index contributed by atoms with van der Waals surface area (Å²) in [7, 11) is 0. The molecule has 1 aliphatic rings. The number of aromatic amines is 1. The Kier molecular flexibility index (Phi) is 9.33. The van der Waals surface area contributed by atoms with Crippen molar-refractivity contribution in [2.45, 2.75) is 63.4 Å². The molecule has 0 radical (unpaired) electrons. The van der Waals surface area contributed by atoms with E-state index in [-0.39, 0.29) is 11.7 Å². The molecular weight excluding hydrogens is 552 g/mol. The number of carbonyl (C=O) groups is 1. The number of halogens is 2. The van der Waals surface area contributed by atoms with Crippen LogP contribution in [0.1, 0.15) is 32.6 Å². The standard InChI is InChI=1S/C22H28ClFN3O8PS/c1-12(2)33-19(30)14(4)26-36(37,35-15-8-6-5-7-9-15)32-11-16-17(28)22(23,24)20(34-16)27-10-13(3)18(29)25-21(27)31/h5-10,12,14,16-17,20,28H,11H2,1-4H3,(H,26,37)(H,25,29,31)/t14-,16-,17-,20-,22+,36?/m1/s1. The zero-order valence-electron chi connectivity index (χ0n) is 20.4. The van der Waals surface area contributed by atoms with Crippen LogP contribution in [-0.2, 0) is 30.6 Å². The van der Waals surface area contributed by atoms with Gasteiger partial charge in [0.25, 0.3) is 10.7 Å². The normalized spacial score (nSPS) is 26.0. The summed E-state index contributed by atoms with van der Waals surface area (Å²) in [6.07, 6.45) is -4.44. The molecule has 37 heavy (non-hydrogen) atoms. The first kappa shape index (κ1) is 29.4. The molecule has 1 fully saturated rings. The first-order valence-electron chi connectivity index (χ1n) is 11.2. The third-order valence-corrected chi connectivity index (χ3v) is 8.12. The van der Waals surface area contributed by atoms with Gasteiger partial charge < -0.3 is 23.6 Å². The number of carbonyl (C=O) groups excluding carboxylic acids is 1. The Morgan fingerprint density at radius 2 is 2.00 bits per heavy atom. The summed E-state index contributed by atoms with van der Waals surface area (Å²) in [5, 5.41) is 10.4. The number of aryl methyl sites for hydroxylation is 1. The number of nitrogens with zero attached hydrogens (tertiary/aromatic N) is 1. The fourth-order valence-corrected chi connectivity index (χ4v) is 6.09. The maximum atomic E-state index is 15.4. The van der Waals surface area contributed by atoms with Crippen molar-refractivity contribution in [3.05, 3.63) is 62.9 Å². The predicted molar refractivity (Wildman–Crippen MR) is 137 cm³/mol. The fraction of sp³-hybridized carbons (Fsp3) is 0.500. The molecule has 1 unspecified atom stereocenters. The number of aromatic nitrogens is 2. The number of alkyl halides is 2. The Balaban J connectivity index is 1.82. The van der Waals surface area contributed by atoms with Crippen LogP contribution >= 0.6 is 18.2 Å². The van der Waals surface area contributed by atoms with Crippen molar-refractivity contribution in [2.75, 3.05) is 6.61 Å². The smallest absolute Gasteiger partial charge is 0.330 e. The van der Waals surface area contributed by atoms with Gasteiger partial charge in [0.15, 0.2) is 6.23 Å². The number of benzene rings is 1. The van der Waals surface area contributed by atoms with Crippen LogP contribution in [0.2, 0.25) is 0 Å². The fourth-order valence-electron chi connectivity index (χ4n) is 3.37. The number of ether oxygens (including phenoxy) is 2. The molecule has 2 aromatic rings. The number of hydrogen-bond acceptors (Lipinski definition) is 9. The molecule has 11 nitrogen and oxygen atoms in total. The van der Waals surface area contributed by atoms with Gasteiger partial charge in [-0.25, -0.2) is 14.3 Å². The van der Waals surface area contributed by atoms with Crippen LogP contribution in [0.25, 0.3) is 0 Å². The van der Waals surface area contributed by atoms with E-state index in [4.69, 9.17) is 41.9 Å². The van der Waals surface area contributed by atoms with E-state index in [2.05, 4.69) is 5.09 Å². The number of rotatable bonds is 10. The number of aliphatic hydroxyl groups excluding tert-OH is 1. The Morgan fingerprint density at radius 3 is 2.62 bits per heavy atom. The van der Waals surface area contributed by atoms with E-state index in [9.17, 15) is 19.5 Å². The highest BCUT2D eigenvalue weighted by molar-refractivity contribution is 8.09. The first-order valence-corrected chi connectivity index (χ1v) is 14.3. The summed E-state index contributed by atoms with van der Waals surface area (Å²) < 4.78 is 38.5. The number of esters is 1. The second-order valence-electron chi connectivity index (χ2n) is 8.66. The van der Waals surface area contributed by atoms with E-state index in [1.54, 1.807) is 44.2 Å². The minimum absolute atomic E-state index is 0.100. The number of nitrogens with one attached hydrogen (secondary N) is 2. The van der Waals surface area contributed by atoms with Crippen LogP contribution in [0.15, 0.2) is 46.1 Å². The van der Waals surface area contributed by atoms with Gasteiger partial charge in [-0.05, 0) is 51.6 Å². The Labute approximate surface area is 222 Å². The molecule has 1 aromatic heterocycles. The number of aliphatic hydroxyl groups is 1. The molecule has 1 aromatic carbocycles. The van der Waals surface area contributed by atoms with Gasteiger partial charge in [-0.3, -0.25) is 19.1 Å². The lowest BCUT2D eigenvalue weighted by molar-refractivity contribution is -0.149. The average Bonchev–Trinajstić information content (AvgIpc) is 3.03. The highest BCUT2D eigenvalue weighted by Gasteiger charge is 2.58. The average molecular weight is 580 g/mol. The van der Waals surface area contributed by atoms with Gasteiger partial charge in [-0.1, -0.05) is 29.8 Å². The largest absolute Gasteiger partial charge is 0.462 e. The molecule has 3 rings (SSSR count). The quantitative estimate of drug-likeness (QED) is 0.218. The molecule has 0 spiro atoms. The van der Waals surface area contributed by atoms with Crippen molar-refractivity contribution in [1.29, 1.82) is 0 Å². The van der Waals surface area contributed by atoms with Crippen molar-refractivity contribution in [1.82, 2.24) is 14.6 Å². The maximum absolute atomic E-state index is 15.4. The summed E-state index contributed by atoms with van der Waals surface area (Å²) in [5.41, 5.74) is -1.54.